The topological polar surface area (TPSA) is 41.5 Å². The van der Waals surface area contributed by atoms with Crippen molar-refractivity contribution in [3.05, 3.63) is 24.3 Å². The number of benzene rings is 1. The van der Waals surface area contributed by atoms with Crippen molar-refractivity contribution in [2.24, 2.45) is 0 Å². The Morgan fingerprint density at radius 2 is 2.10 bits per heavy atom. The summed E-state index contributed by atoms with van der Waals surface area (Å²) < 4.78 is 4.91. The van der Waals surface area contributed by atoms with Crippen LogP contribution in [-0.2, 0) is 0 Å². The van der Waals surface area contributed by atoms with E-state index in [1.165, 1.54) is 0 Å². The summed E-state index contributed by atoms with van der Waals surface area (Å²) in [6.07, 6.45) is 0. The summed E-state index contributed by atoms with van der Waals surface area (Å²) in [5.41, 5.74) is 2.60. The Morgan fingerprint density at radius 1 is 1.40 bits per heavy atom. The third-order valence-electron chi connectivity index (χ3n) is 1.23. The van der Waals surface area contributed by atoms with Crippen LogP contribution >= 0.6 is 0 Å². The summed E-state index contributed by atoms with van der Waals surface area (Å²) in [4.78, 5) is 0. The molecule has 0 amide bonds. The molecule has 0 aliphatic rings. The van der Waals surface area contributed by atoms with Crippen LogP contribution < -0.4 is 10.2 Å². The van der Waals surface area contributed by atoms with Gasteiger partial charge in [0.05, 0.1) is 7.11 Å². The van der Waals surface area contributed by atoms with Crippen molar-refractivity contribution in [2.75, 3.05) is 12.6 Å². The maximum Gasteiger partial charge on any atom is 0.144 e. The number of methoxy groups -OCH3 is 1. The van der Waals surface area contributed by atoms with Gasteiger partial charge in [0.25, 0.3) is 0 Å². The smallest absolute Gasteiger partial charge is 0.144 e. The fourth-order valence-corrected chi connectivity index (χ4v) is 0.737. The highest BCUT2D eigenvalue weighted by Gasteiger charge is 1.96. The Labute approximate surface area is 59.2 Å². The second-order valence-corrected chi connectivity index (χ2v) is 1.81. The molecule has 1 aromatic carbocycles. The molecule has 3 nitrogen and oxygen atoms in total. The fraction of sp³-hybridized carbons (Fsp3) is 0.143. The molecule has 54 valence electrons. The molecule has 0 atom stereocenters. The van der Waals surface area contributed by atoms with Gasteiger partial charge in [-0.25, -0.2) is 0 Å². The second kappa shape index (κ2) is 3.08. The molecule has 0 heterocycles. The van der Waals surface area contributed by atoms with Gasteiger partial charge in [-0.15, -0.1) is 0 Å². The SMILES string of the molecule is COc1ccccc1NO. The number of ether oxygens (including phenoxy) is 1. The van der Waals surface area contributed by atoms with Gasteiger partial charge in [-0.2, -0.15) is 0 Å². The van der Waals surface area contributed by atoms with E-state index < -0.39 is 0 Å². The molecule has 0 aliphatic carbocycles. The van der Waals surface area contributed by atoms with E-state index in [1.54, 1.807) is 25.3 Å². The number of nitrogens with one attached hydrogen (secondary N) is 1. The zero-order valence-electron chi connectivity index (χ0n) is 5.66. The van der Waals surface area contributed by atoms with E-state index in [0.717, 1.165) is 0 Å². The third-order valence-corrected chi connectivity index (χ3v) is 1.23. The van der Waals surface area contributed by atoms with Crippen molar-refractivity contribution in [1.29, 1.82) is 0 Å². The average molecular weight is 139 g/mol. The summed E-state index contributed by atoms with van der Waals surface area (Å²) in [5.74, 6) is 0.630. The van der Waals surface area contributed by atoms with Crippen LogP contribution in [0.5, 0.6) is 5.75 Å². The molecule has 0 saturated heterocycles. The zero-order valence-corrected chi connectivity index (χ0v) is 5.66. The van der Waals surface area contributed by atoms with Gasteiger partial charge in [0.2, 0.25) is 0 Å². The zero-order chi connectivity index (χ0) is 7.40. The summed E-state index contributed by atoms with van der Waals surface area (Å²) >= 11 is 0. The quantitative estimate of drug-likeness (QED) is 0.610. The van der Waals surface area contributed by atoms with Gasteiger partial charge < -0.3 is 4.74 Å². The number of rotatable bonds is 2. The van der Waals surface area contributed by atoms with Gasteiger partial charge in [0.15, 0.2) is 0 Å². The van der Waals surface area contributed by atoms with E-state index >= 15 is 0 Å². The first-order valence-electron chi connectivity index (χ1n) is 2.91. The normalized spacial score (nSPS) is 9.00. The van der Waals surface area contributed by atoms with Crippen LogP contribution in [0.3, 0.4) is 0 Å². The molecule has 0 fully saturated rings. The van der Waals surface area contributed by atoms with E-state index in [2.05, 4.69) is 0 Å². The highest BCUT2D eigenvalue weighted by atomic mass is 16.5. The second-order valence-electron chi connectivity index (χ2n) is 1.81. The molecule has 0 aliphatic heterocycles. The molecule has 0 unspecified atom stereocenters. The number of hydrogen-bond acceptors (Lipinski definition) is 3. The van der Waals surface area contributed by atoms with E-state index in [4.69, 9.17) is 9.94 Å². The Balaban J connectivity index is 2.96. The van der Waals surface area contributed by atoms with Crippen LogP contribution in [0, 0.1) is 0 Å². The molecule has 1 aromatic rings. The monoisotopic (exact) mass is 139 g/mol. The fourth-order valence-electron chi connectivity index (χ4n) is 0.737. The Kier molecular flexibility index (Phi) is 2.12. The average Bonchev–Trinajstić information content (AvgIpc) is 2.04. The van der Waals surface area contributed by atoms with Gasteiger partial charge in [-0.05, 0) is 12.1 Å². The van der Waals surface area contributed by atoms with Crippen molar-refractivity contribution < 1.29 is 9.94 Å². The Bertz CT molecular complexity index is 190. The van der Waals surface area contributed by atoms with Gasteiger partial charge >= 0.3 is 0 Å². The minimum atomic E-state index is 0.574. The molecular weight excluding hydrogens is 130 g/mol. The molecule has 3 heteroatoms. The Morgan fingerprint density at radius 3 is 2.60 bits per heavy atom. The number of para-hydroxylation sites is 2. The van der Waals surface area contributed by atoms with E-state index in [1.807, 2.05) is 11.5 Å². The summed E-state index contributed by atoms with van der Waals surface area (Å²) in [6, 6.07) is 7.12. The minimum Gasteiger partial charge on any atom is -0.495 e. The largest absolute Gasteiger partial charge is 0.495 e. The van der Waals surface area contributed by atoms with E-state index in [0.29, 0.717) is 11.4 Å². The van der Waals surface area contributed by atoms with Crippen molar-refractivity contribution in [3.63, 3.8) is 0 Å². The van der Waals surface area contributed by atoms with Crippen LogP contribution in [0.4, 0.5) is 5.69 Å². The van der Waals surface area contributed by atoms with Crippen LogP contribution in [0.25, 0.3) is 0 Å². The van der Waals surface area contributed by atoms with Crippen LogP contribution in [-0.4, -0.2) is 12.3 Å². The van der Waals surface area contributed by atoms with Gasteiger partial charge in [-0.1, -0.05) is 12.1 Å². The standard InChI is InChI=1S/C7H9NO2/c1-10-7-5-3-2-4-6(7)8-9/h2-5,8-9H,1H3. The van der Waals surface area contributed by atoms with Gasteiger partial charge in [0, 0.05) is 0 Å². The van der Waals surface area contributed by atoms with Gasteiger partial charge in [-0.3, -0.25) is 10.7 Å². The molecule has 0 radical (unpaired) electrons. The first kappa shape index (κ1) is 6.89. The number of hydrogen-bond donors (Lipinski definition) is 2. The van der Waals surface area contributed by atoms with Crippen molar-refractivity contribution in [3.8, 4) is 5.75 Å². The minimum absolute atomic E-state index is 0.574. The molecule has 0 saturated carbocycles. The number of anilines is 1. The Hall–Kier alpha value is -1.22. The lowest BCUT2D eigenvalue weighted by Gasteiger charge is -2.04. The first-order chi connectivity index (χ1) is 4.88. The van der Waals surface area contributed by atoms with E-state index in [-0.39, 0.29) is 0 Å². The van der Waals surface area contributed by atoms with Crippen LogP contribution in [0.2, 0.25) is 0 Å². The molecule has 1 rings (SSSR count). The highest BCUT2D eigenvalue weighted by Crippen LogP contribution is 2.21. The van der Waals surface area contributed by atoms with E-state index in [9.17, 15) is 0 Å². The lowest BCUT2D eigenvalue weighted by atomic mass is 10.3. The predicted molar refractivity (Wildman–Crippen MR) is 38.4 cm³/mol. The third kappa shape index (κ3) is 1.19. The maximum absolute atomic E-state index is 8.52. The molecule has 2 N–H and O–H groups in total. The maximum atomic E-state index is 8.52. The summed E-state index contributed by atoms with van der Waals surface area (Å²) in [5, 5.41) is 8.52. The summed E-state index contributed by atoms with van der Waals surface area (Å²) in [7, 11) is 1.55. The van der Waals surface area contributed by atoms with Crippen molar-refractivity contribution in [2.45, 2.75) is 0 Å². The van der Waals surface area contributed by atoms with Crippen LogP contribution in [0.1, 0.15) is 0 Å². The summed E-state index contributed by atoms with van der Waals surface area (Å²) in [6.45, 7) is 0. The first-order valence-corrected chi connectivity index (χ1v) is 2.91. The lowest BCUT2D eigenvalue weighted by molar-refractivity contribution is 0.373. The van der Waals surface area contributed by atoms with Crippen molar-refractivity contribution >= 4 is 5.69 Å². The highest BCUT2D eigenvalue weighted by molar-refractivity contribution is 5.54. The molecule has 0 aromatic heterocycles. The van der Waals surface area contributed by atoms with Crippen LogP contribution in [0.15, 0.2) is 24.3 Å². The van der Waals surface area contributed by atoms with Gasteiger partial charge in [0.1, 0.15) is 11.4 Å². The molecule has 10 heavy (non-hydrogen) atoms. The molecular formula is C7H9NO2. The molecule has 0 spiro atoms. The predicted octanol–water partition coefficient (Wildman–Crippen LogP) is 1.50. The molecule has 0 bridgehead atoms. The van der Waals surface area contributed by atoms with Crippen molar-refractivity contribution in [1.82, 2.24) is 0 Å². The lowest BCUT2D eigenvalue weighted by Crippen LogP contribution is -1.92.